The van der Waals surface area contributed by atoms with Gasteiger partial charge in [-0.2, -0.15) is 0 Å². The molecule has 2 aromatic rings. The Morgan fingerprint density at radius 1 is 1.08 bits per heavy atom. The normalized spacial score (nSPS) is 17.5. The second kappa shape index (κ2) is 10.9. The van der Waals surface area contributed by atoms with Gasteiger partial charge in [-0.3, -0.25) is 9.69 Å². The van der Waals surface area contributed by atoms with Crippen molar-refractivity contribution in [2.45, 2.75) is 70.2 Å². The zero-order valence-electron chi connectivity index (χ0n) is 21.5. The highest BCUT2D eigenvalue weighted by Crippen LogP contribution is 2.36. The summed E-state index contributed by atoms with van der Waals surface area (Å²) in [6, 6.07) is 5.84. The lowest BCUT2D eigenvalue weighted by molar-refractivity contribution is -0.191. The van der Waals surface area contributed by atoms with Crippen LogP contribution < -0.4 is 5.32 Å². The third-order valence-corrected chi connectivity index (χ3v) is 7.34. The second-order valence-corrected chi connectivity index (χ2v) is 12.1. The number of rotatable bonds is 5. The van der Waals surface area contributed by atoms with Crippen LogP contribution in [0.15, 0.2) is 30.3 Å². The van der Waals surface area contributed by atoms with Crippen molar-refractivity contribution in [3.63, 3.8) is 0 Å². The van der Waals surface area contributed by atoms with E-state index in [-0.39, 0.29) is 30.4 Å². The first kappa shape index (κ1) is 28.5. The molecule has 11 heteroatoms. The maximum absolute atomic E-state index is 14.8. The van der Waals surface area contributed by atoms with Gasteiger partial charge in [0.1, 0.15) is 11.4 Å². The average molecular weight is 645 g/mol. The first-order valence-electron chi connectivity index (χ1n) is 12.5. The Balaban J connectivity index is 1.58. The van der Waals surface area contributed by atoms with Gasteiger partial charge in [0, 0.05) is 9.61 Å². The highest BCUT2D eigenvalue weighted by molar-refractivity contribution is 14.1. The summed E-state index contributed by atoms with van der Waals surface area (Å²) in [6.45, 7) is 4.73. The van der Waals surface area contributed by atoms with E-state index in [0.29, 0.717) is 16.4 Å². The lowest BCUT2D eigenvalue weighted by Gasteiger charge is -2.54. The van der Waals surface area contributed by atoms with Crippen LogP contribution in [0.5, 0.6) is 0 Å². The van der Waals surface area contributed by atoms with Crippen LogP contribution in [0.4, 0.5) is 29.3 Å². The van der Waals surface area contributed by atoms with E-state index in [1.54, 1.807) is 26.8 Å². The molecule has 2 fully saturated rings. The lowest BCUT2D eigenvalue weighted by atomic mass is 9.90. The van der Waals surface area contributed by atoms with Crippen LogP contribution in [0, 0.1) is 21.0 Å². The topological polar surface area (TPSA) is 82.1 Å². The number of ether oxygens (including phenoxy) is 1. The molecule has 2 N–H and O–H groups in total. The second-order valence-electron chi connectivity index (χ2n) is 10.8. The third-order valence-electron chi connectivity index (χ3n) is 6.67. The fourth-order valence-electron chi connectivity index (χ4n) is 4.92. The number of nitrogens with zero attached hydrogens (tertiary/aromatic N) is 2. The van der Waals surface area contributed by atoms with Crippen LogP contribution in [-0.4, -0.2) is 57.4 Å². The maximum Gasteiger partial charge on any atom is 0.412 e. The van der Waals surface area contributed by atoms with Gasteiger partial charge in [-0.05, 0) is 86.5 Å². The molecule has 1 aliphatic carbocycles. The number of hydrogen-bond donors (Lipinski definition) is 2. The quantitative estimate of drug-likeness (QED) is 0.301. The molecule has 7 nitrogen and oxygen atoms in total. The minimum atomic E-state index is -1.67. The molecule has 206 valence electrons. The van der Waals surface area contributed by atoms with Crippen molar-refractivity contribution < 1.29 is 32.6 Å². The molecule has 2 amide bonds. The number of carbonyl (C=O) groups is 2. The van der Waals surface area contributed by atoms with Gasteiger partial charge in [0.15, 0.2) is 17.4 Å². The van der Waals surface area contributed by atoms with E-state index in [1.807, 2.05) is 22.6 Å². The van der Waals surface area contributed by atoms with Crippen molar-refractivity contribution in [2.75, 3.05) is 18.4 Å². The van der Waals surface area contributed by atoms with Crippen molar-refractivity contribution in [2.24, 2.45) is 0 Å². The minimum absolute atomic E-state index is 0.127. The molecular weight excluding hydrogens is 614 g/mol. The van der Waals surface area contributed by atoms with E-state index >= 15 is 0 Å². The summed E-state index contributed by atoms with van der Waals surface area (Å²) >= 11 is 1.92. The fraction of sp³-hybridized carbons (Fsp3) is 0.481. The molecule has 0 unspecified atom stereocenters. The molecule has 0 atom stereocenters. The molecule has 1 saturated carbocycles. The highest BCUT2D eigenvalue weighted by Gasteiger charge is 2.53. The molecular formula is C27H31F3IN3O4. The van der Waals surface area contributed by atoms with Crippen molar-refractivity contribution >= 4 is 46.0 Å². The first-order valence-corrected chi connectivity index (χ1v) is 13.6. The molecule has 0 bridgehead atoms. The predicted molar refractivity (Wildman–Crippen MR) is 145 cm³/mol. The third kappa shape index (κ3) is 6.03. The van der Waals surface area contributed by atoms with E-state index < -0.39 is 46.5 Å². The zero-order chi connectivity index (χ0) is 27.8. The number of β-amino-alcohol motifs (C(OH)–C–C–N with tert-alkyl or cyclic N) is 1. The Kier molecular flexibility index (Phi) is 8.17. The van der Waals surface area contributed by atoms with Gasteiger partial charge in [0.05, 0.1) is 30.0 Å². The monoisotopic (exact) mass is 645 g/mol. The van der Waals surface area contributed by atoms with Crippen LogP contribution >= 0.6 is 22.6 Å². The van der Waals surface area contributed by atoms with Gasteiger partial charge in [-0.25, -0.2) is 18.0 Å². The van der Waals surface area contributed by atoms with Crippen LogP contribution in [0.3, 0.4) is 0 Å². The number of anilines is 2. The summed E-state index contributed by atoms with van der Waals surface area (Å²) in [5, 5.41) is 14.0. The number of halogens is 4. The molecule has 1 saturated heterocycles. The number of aliphatic hydroxyl groups is 1. The number of likely N-dealkylation sites (tertiary alicyclic amines) is 1. The molecule has 38 heavy (non-hydrogen) atoms. The maximum atomic E-state index is 14.8. The van der Waals surface area contributed by atoms with Gasteiger partial charge < -0.3 is 20.1 Å². The summed E-state index contributed by atoms with van der Waals surface area (Å²) in [4.78, 5) is 29.1. The Morgan fingerprint density at radius 2 is 1.74 bits per heavy atom. The van der Waals surface area contributed by atoms with E-state index in [0.717, 1.165) is 31.4 Å². The molecule has 2 aromatic carbocycles. The van der Waals surface area contributed by atoms with Gasteiger partial charge in [0.25, 0.3) is 5.91 Å². The predicted octanol–water partition coefficient (Wildman–Crippen LogP) is 6.17. The highest BCUT2D eigenvalue weighted by atomic mass is 127. The van der Waals surface area contributed by atoms with Crippen molar-refractivity contribution in [3.05, 3.63) is 56.9 Å². The van der Waals surface area contributed by atoms with Gasteiger partial charge in [0.2, 0.25) is 0 Å². The number of carbonyl (C=O) groups excluding carboxylic acids is 2. The summed E-state index contributed by atoms with van der Waals surface area (Å²) < 4.78 is 49.6. The van der Waals surface area contributed by atoms with E-state index in [1.165, 1.54) is 21.9 Å². The van der Waals surface area contributed by atoms with Crippen LogP contribution in [0.25, 0.3) is 0 Å². The van der Waals surface area contributed by atoms with Gasteiger partial charge >= 0.3 is 6.09 Å². The van der Waals surface area contributed by atoms with E-state index in [9.17, 15) is 27.9 Å². The summed E-state index contributed by atoms with van der Waals surface area (Å²) in [7, 11) is 0. The van der Waals surface area contributed by atoms with Crippen LogP contribution in [0.1, 0.15) is 63.2 Å². The minimum Gasteiger partial charge on any atom is -0.444 e. The SMILES string of the molecule is CC(C)(C)OC(=O)N(C1CCCCC1)C1(O)CN(C(=O)c2ccc(F)c(F)c2Nc2ccc(I)cc2F)C1. The van der Waals surface area contributed by atoms with Crippen LogP contribution in [0.2, 0.25) is 0 Å². The largest absolute Gasteiger partial charge is 0.444 e. The standard InChI is InChI=1S/C27H31F3IN3O4/c1-26(2,3)38-25(36)34(17-7-5-4-6-8-17)27(37)14-33(15-27)24(35)18-10-11-19(28)22(30)23(18)32-21-12-9-16(31)13-20(21)29/h9-13,17,32,37H,4-8,14-15H2,1-3H3. The fourth-order valence-corrected chi connectivity index (χ4v) is 5.37. The van der Waals surface area contributed by atoms with E-state index in [4.69, 9.17) is 4.74 Å². The molecule has 0 radical (unpaired) electrons. The summed E-state index contributed by atoms with van der Waals surface area (Å²) in [6.07, 6.45) is 3.59. The smallest absolute Gasteiger partial charge is 0.412 e. The van der Waals surface area contributed by atoms with Crippen molar-refractivity contribution in [1.82, 2.24) is 9.80 Å². The Hall–Kier alpha value is -2.54. The Labute approximate surface area is 233 Å². The number of amides is 2. The van der Waals surface area contributed by atoms with Crippen molar-refractivity contribution in [3.8, 4) is 0 Å². The molecule has 1 heterocycles. The lowest BCUT2D eigenvalue weighted by Crippen LogP contribution is -2.74. The van der Waals surface area contributed by atoms with Gasteiger partial charge in [-0.1, -0.05) is 19.3 Å². The van der Waals surface area contributed by atoms with E-state index in [2.05, 4.69) is 5.32 Å². The Bertz CT molecular complexity index is 1220. The molecule has 4 rings (SSSR count). The average Bonchev–Trinajstić information content (AvgIpc) is 2.81. The zero-order valence-corrected chi connectivity index (χ0v) is 23.6. The molecule has 1 aliphatic heterocycles. The molecule has 0 spiro atoms. The Morgan fingerprint density at radius 3 is 2.34 bits per heavy atom. The van der Waals surface area contributed by atoms with Crippen molar-refractivity contribution in [1.29, 1.82) is 0 Å². The van der Waals surface area contributed by atoms with Crippen LogP contribution in [-0.2, 0) is 4.74 Å². The first-order chi connectivity index (χ1) is 17.8. The molecule has 2 aliphatic rings. The number of benzene rings is 2. The molecule has 0 aromatic heterocycles. The summed E-state index contributed by atoms with van der Waals surface area (Å²) in [5.41, 5.74) is -3.32. The van der Waals surface area contributed by atoms with Gasteiger partial charge in [-0.15, -0.1) is 0 Å². The summed E-state index contributed by atoms with van der Waals surface area (Å²) in [5.74, 6) is -3.93. The number of nitrogens with one attached hydrogen (secondary N) is 1. The number of hydrogen-bond acceptors (Lipinski definition) is 5.